The summed E-state index contributed by atoms with van der Waals surface area (Å²) in [5.74, 6) is 0. The normalized spacial score (nSPS) is 10.5. The van der Waals surface area contributed by atoms with Crippen LogP contribution < -0.4 is 10.6 Å². The number of thiazole rings is 1. The van der Waals surface area contributed by atoms with Crippen molar-refractivity contribution in [2.45, 2.75) is 6.54 Å². The van der Waals surface area contributed by atoms with Gasteiger partial charge in [0.15, 0.2) is 0 Å². The first kappa shape index (κ1) is 13.9. The van der Waals surface area contributed by atoms with Crippen molar-refractivity contribution in [3.63, 3.8) is 0 Å². The van der Waals surface area contributed by atoms with Gasteiger partial charge in [0.05, 0.1) is 16.8 Å². The van der Waals surface area contributed by atoms with Crippen LogP contribution in [0.15, 0.2) is 48.5 Å². The third-order valence-electron chi connectivity index (χ3n) is 2.84. The highest BCUT2D eigenvalue weighted by atomic mass is 35.5. The van der Waals surface area contributed by atoms with E-state index in [0.717, 1.165) is 15.2 Å². The molecule has 0 fully saturated rings. The molecule has 2 aromatic carbocycles. The molecule has 1 heterocycles. The maximum atomic E-state index is 11.8. The highest BCUT2D eigenvalue weighted by Gasteiger charge is 2.05. The van der Waals surface area contributed by atoms with E-state index in [1.165, 1.54) is 0 Å². The number of amides is 2. The Balaban J connectivity index is 1.59. The first-order valence-corrected chi connectivity index (χ1v) is 7.55. The van der Waals surface area contributed by atoms with Gasteiger partial charge in [0, 0.05) is 10.7 Å². The van der Waals surface area contributed by atoms with Crippen molar-refractivity contribution in [1.29, 1.82) is 0 Å². The van der Waals surface area contributed by atoms with Gasteiger partial charge in [0.1, 0.15) is 5.01 Å². The molecular formula is C15H12ClN3OS. The van der Waals surface area contributed by atoms with E-state index in [-0.39, 0.29) is 6.03 Å². The van der Waals surface area contributed by atoms with E-state index < -0.39 is 0 Å². The van der Waals surface area contributed by atoms with Crippen LogP contribution in [0.3, 0.4) is 0 Å². The molecule has 0 spiro atoms. The monoisotopic (exact) mass is 317 g/mol. The lowest BCUT2D eigenvalue weighted by molar-refractivity contribution is 0.251. The molecule has 3 aromatic rings. The average Bonchev–Trinajstić information content (AvgIpc) is 2.90. The summed E-state index contributed by atoms with van der Waals surface area (Å²) in [4.78, 5) is 16.3. The number of rotatable bonds is 3. The van der Waals surface area contributed by atoms with Crippen molar-refractivity contribution >= 4 is 44.9 Å². The van der Waals surface area contributed by atoms with Crippen molar-refractivity contribution < 1.29 is 4.79 Å². The fourth-order valence-corrected chi connectivity index (χ4v) is 2.89. The fourth-order valence-electron chi connectivity index (χ4n) is 1.86. The first-order valence-electron chi connectivity index (χ1n) is 6.35. The number of nitrogens with one attached hydrogen (secondary N) is 2. The second-order valence-electron chi connectivity index (χ2n) is 4.39. The van der Waals surface area contributed by atoms with Gasteiger partial charge in [-0.3, -0.25) is 0 Å². The van der Waals surface area contributed by atoms with Crippen LogP contribution in [0.1, 0.15) is 5.01 Å². The maximum absolute atomic E-state index is 11.8. The summed E-state index contributed by atoms with van der Waals surface area (Å²) in [6.07, 6.45) is 0. The second kappa shape index (κ2) is 6.11. The third-order valence-corrected chi connectivity index (χ3v) is 4.13. The van der Waals surface area contributed by atoms with Gasteiger partial charge in [-0.05, 0) is 36.4 Å². The minimum Gasteiger partial charge on any atom is -0.331 e. The van der Waals surface area contributed by atoms with Crippen molar-refractivity contribution in [1.82, 2.24) is 10.3 Å². The molecule has 2 N–H and O–H groups in total. The molecule has 0 aliphatic heterocycles. The predicted molar refractivity (Wildman–Crippen MR) is 86.9 cm³/mol. The van der Waals surface area contributed by atoms with Crippen LogP contribution in [0.4, 0.5) is 10.5 Å². The van der Waals surface area contributed by atoms with Gasteiger partial charge < -0.3 is 10.6 Å². The van der Waals surface area contributed by atoms with E-state index in [0.29, 0.717) is 17.3 Å². The lowest BCUT2D eigenvalue weighted by Crippen LogP contribution is -2.28. The minimum absolute atomic E-state index is 0.267. The van der Waals surface area contributed by atoms with Crippen molar-refractivity contribution in [2.75, 3.05) is 5.32 Å². The van der Waals surface area contributed by atoms with E-state index >= 15 is 0 Å². The predicted octanol–water partition coefficient (Wildman–Crippen LogP) is 4.27. The standard InChI is InChI=1S/C15H12ClN3OS/c16-10-5-7-11(8-6-10)18-15(20)17-9-14-19-12-3-1-2-4-13(12)21-14/h1-8H,9H2,(H2,17,18,20). The zero-order valence-electron chi connectivity index (χ0n) is 11.0. The molecule has 2 amide bonds. The number of nitrogens with zero attached hydrogens (tertiary/aromatic N) is 1. The largest absolute Gasteiger partial charge is 0.331 e. The first-order chi connectivity index (χ1) is 10.2. The van der Waals surface area contributed by atoms with Crippen LogP contribution in [-0.2, 0) is 6.54 Å². The molecule has 4 nitrogen and oxygen atoms in total. The van der Waals surface area contributed by atoms with E-state index in [2.05, 4.69) is 15.6 Å². The van der Waals surface area contributed by atoms with Gasteiger partial charge >= 0.3 is 6.03 Å². The van der Waals surface area contributed by atoms with E-state index in [1.54, 1.807) is 35.6 Å². The van der Waals surface area contributed by atoms with Gasteiger partial charge in [0.2, 0.25) is 0 Å². The molecule has 3 rings (SSSR count). The number of carbonyl (C=O) groups excluding carboxylic acids is 1. The number of benzene rings is 2. The molecule has 0 atom stereocenters. The van der Waals surface area contributed by atoms with E-state index in [9.17, 15) is 4.79 Å². The number of carbonyl (C=O) groups is 1. The molecular weight excluding hydrogens is 306 g/mol. The number of para-hydroxylation sites is 1. The van der Waals surface area contributed by atoms with Gasteiger partial charge in [-0.1, -0.05) is 23.7 Å². The highest BCUT2D eigenvalue weighted by molar-refractivity contribution is 7.18. The SMILES string of the molecule is O=C(NCc1nc2ccccc2s1)Nc1ccc(Cl)cc1. The molecule has 0 bridgehead atoms. The molecule has 6 heteroatoms. The number of halogens is 1. The Kier molecular flexibility index (Phi) is 4.03. The number of urea groups is 1. The Hall–Kier alpha value is -2.11. The number of hydrogen-bond acceptors (Lipinski definition) is 3. The molecule has 0 aliphatic carbocycles. The quantitative estimate of drug-likeness (QED) is 0.758. The summed E-state index contributed by atoms with van der Waals surface area (Å²) in [6.45, 7) is 0.402. The number of fused-ring (bicyclic) bond motifs is 1. The molecule has 0 unspecified atom stereocenters. The average molecular weight is 318 g/mol. The Morgan fingerprint density at radius 1 is 1.14 bits per heavy atom. The summed E-state index contributed by atoms with van der Waals surface area (Å²) in [5.41, 5.74) is 1.65. The molecule has 0 aliphatic rings. The Morgan fingerprint density at radius 2 is 1.90 bits per heavy atom. The number of anilines is 1. The molecule has 1 aromatic heterocycles. The summed E-state index contributed by atoms with van der Waals surface area (Å²) in [5, 5.41) is 7.04. The molecule has 0 radical (unpaired) electrons. The zero-order valence-corrected chi connectivity index (χ0v) is 12.5. The number of aromatic nitrogens is 1. The van der Waals surface area contributed by atoms with Crippen molar-refractivity contribution in [2.24, 2.45) is 0 Å². The van der Waals surface area contributed by atoms with Crippen molar-refractivity contribution in [3.8, 4) is 0 Å². The van der Waals surface area contributed by atoms with Gasteiger partial charge in [-0.25, -0.2) is 9.78 Å². The van der Waals surface area contributed by atoms with Gasteiger partial charge in [-0.2, -0.15) is 0 Å². The zero-order chi connectivity index (χ0) is 14.7. The summed E-state index contributed by atoms with van der Waals surface area (Å²) >= 11 is 7.37. The molecule has 0 saturated carbocycles. The van der Waals surface area contributed by atoms with Gasteiger partial charge in [0.25, 0.3) is 0 Å². The Labute approximate surface area is 130 Å². The second-order valence-corrected chi connectivity index (χ2v) is 5.94. The number of hydrogen-bond donors (Lipinski definition) is 2. The summed E-state index contributed by atoms with van der Waals surface area (Å²) < 4.78 is 1.12. The summed E-state index contributed by atoms with van der Waals surface area (Å²) in [7, 11) is 0. The molecule has 0 saturated heterocycles. The van der Waals surface area contributed by atoms with Crippen LogP contribution >= 0.6 is 22.9 Å². The third kappa shape index (κ3) is 3.51. The minimum atomic E-state index is -0.267. The maximum Gasteiger partial charge on any atom is 0.319 e. The van der Waals surface area contributed by atoms with Crippen LogP contribution in [0.5, 0.6) is 0 Å². The van der Waals surface area contributed by atoms with E-state index in [4.69, 9.17) is 11.6 Å². The van der Waals surface area contributed by atoms with Crippen LogP contribution in [0.25, 0.3) is 10.2 Å². The van der Waals surface area contributed by atoms with Crippen LogP contribution in [-0.4, -0.2) is 11.0 Å². The fraction of sp³-hybridized carbons (Fsp3) is 0.0667. The molecule has 106 valence electrons. The topological polar surface area (TPSA) is 54.0 Å². The molecule has 21 heavy (non-hydrogen) atoms. The van der Waals surface area contributed by atoms with Crippen LogP contribution in [0.2, 0.25) is 5.02 Å². The Bertz CT molecular complexity index is 737. The lowest BCUT2D eigenvalue weighted by Gasteiger charge is -2.06. The Morgan fingerprint density at radius 3 is 2.67 bits per heavy atom. The van der Waals surface area contributed by atoms with Crippen molar-refractivity contribution in [3.05, 3.63) is 58.6 Å². The van der Waals surface area contributed by atoms with Crippen LogP contribution in [0, 0.1) is 0 Å². The van der Waals surface area contributed by atoms with E-state index in [1.807, 2.05) is 24.3 Å². The summed E-state index contributed by atoms with van der Waals surface area (Å²) in [6, 6.07) is 14.6. The highest BCUT2D eigenvalue weighted by Crippen LogP contribution is 2.21. The van der Waals surface area contributed by atoms with Gasteiger partial charge in [-0.15, -0.1) is 11.3 Å². The smallest absolute Gasteiger partial charge is 0.319 e. The lowest BCUT2D eigenvalue weighted by atomic mass is 10.3.